The molecule has 6 nitrogen and oxygen atoms in total. The van der Waals surface area contributed by atoms with Gasteiger partial charge in [-0.15, -0.1) is 0 Å². The first kappa shape index (κ1) is 16.0. The van der Waals surface area contributed by atoms with Crippen LogP contribution in [-0.4, -0.2) is 58.4 Å². The summed E-state index contributed by atoms with van der Waals surface area (Å²) in [7, 11) is 0. The van der Waals surface area contributed by atoms with Crippen molar-refractivity contribution in [2.75, 3.05) is 0 Å². The molecule has 2 N–H and O–H groups in total. The summed E-state index contributed by atoms with van der Waals surface area (Å²) in [5.41, 5.74) is 0. The highest BCUT2D eigenvalue weighted by molar-refractivity contribution is 5.09. The fourth-order valence-corrected chi connectivity index (χ4v) is 5.40. The van der Waals surface area contributed by atoms with E-state index in [2.05, 4.69) is 0 Å². The molecule has 0 aromatic heterocycles. The predicted molar refractivity (Wildman–Crippen MR) is 83.1 cm³/mol. The maximum absolute atomic E-state index is 10.9. The van der Waals surface area contributed by atoms with Gasteiger partial charge in [0.05, 0.1) is 0 Å². The third-order valence-corrected chi connectivity index (χ3v) is 6.63. The van der Waals surface area contributed by atoms with Gasteiger partial charge in [0.2, 0.25) is 0 Å². The molecule has 5 aliphatic rings. The molecule has 5 fully saturated rings. The van der Waals surface area contributed by atoms with Crippen LogP contribution in [0, 0.1) is 0 Å². The van der Waals surface area contributed by atoms with E-state index in [1.54, 1.807) is 0 Å². The van der Waals surface area contributed by atoms with Gasteiger partial charge in [0.25, 0.3) is 0 Å². The largest absolute Gasteiger partial charge is 0.387 e. The monoisotopic (exact) mass is 340 g/mol. The molecule has 3 aliphatic carbocycles. The Bertz CT molecular complexity index is 412. The van der Waals surface area contributed by atoms with Gasteiger partial charge in [0, 0.05) is 25.7 Å². The molecule has 0 bridgehead atoms. The predicted octanol–water partition coefficient (Wildman–Crippen LogP) is 1.61. The standard InChI is InChI=1S/C18H28O6/c19-11-13-14(22-17(21-13)7-3-1-4-8-17)12(20)16-15(11)23-18(24-16)9-5-2-6-10-18/h11-16,19-20H,1-10H2/t11-,12-,13-,14?,15?,16+. The molecule has 2 saturated heterocycles. The van der Waals surface area contributed by atoms with Crippen LogP contribution in [0.15, 0.2) is 0 Å². The summed E-state index contributed by atoms with van der Waals surface area (Å²) in [6.07, 6.45) is 6.24. The van der Waals surface area contributed by atoms with Crippen molar-refractivity contribution < 1.29 is 29.2 Å². The molecule has 2 heterocycles. The lowest BCUT2D eigenvalue weighted by molar-refractivity contribution is -0.224. The van der Waals surface area contributed by atoms with E-state index in [1.165, 1.54) is 12.8 Å². The van der Waals surface area contributed by atoms with E-state index in [9.17, 15) is 10.2 Å². The third-order valence-electron chi connectivity index (χ3n) is 6.63. The second kappa shape index (κ2) is 5.63. The minimum Gasteiger partial charge on any atom is -0.387 e. The first-order valence-corrected chi connectivity index (χ1v) is 9.69. The van der Waals surface area contributed by atoms with Crippen molar-refractivity contribution >= 4 is 0 Å². The van der Waals surface area contributed by atoms with Gasteiger partial charge in [-0.05, 0) is 25.7 Å². The molecule has 2 unspecified atom stereocenters. The lowest BCUT2D eigenvalue weighted by Gasteiger charge is -2.38. The second-order valence-corrected chi connectivity index (χ2v) is 8.25. The molecule has 2 spiro atoms. The van der Waals surface area contributed by atoms with E-state index < -0.39 is 48.2 Å². The van der Waals surface area contributed by atoms with E-state index in [1.807, 2.05) is 0 Å². The van der Waals surface area contributed by atoms with Gasteiger partial charge in [0.15, 0.2) is 11.6 Å². The molecule has 0 amide bonds. The highest BCUT2D eigenvalue weighted by Gasteiger charge is 2.65. The Labute approximate surface area is 142 Å². The van der Waals surface area contributed by atoms with Gasteiger partial charge in [-0.1, -0.05) is 12.8 Å². The summed E-state index contributed by atoms with van der Waals surface area (Å²) < 4.78 is 24.8. The summed E-state index contributed by atoms with van der Waals surface area (Å²) in [5, 5.41) is 21.7. The van der Waals surface area contributed by atoms with Gasteiger partial charge < -0.3 is 29.2 Å². The molecule has 3 saturated carbocycles. The summed E-state index contributed by atoms with van der Waals surface area (Å²) in [5.74, 6) is -1.26. The van der Waals surface area contributed by atoms with Gasteiger partial charge in [0.1, 0.15) is 36.6 Å². The zero-order valence-electron chi connectivity index (χ0n) is 14.1. The van der Waals surface area contributed by atoms with Crippen molar-refractivity contribution in [3.63, 3.8) is 0 Å². The topological polar surface area (TPSA) is 77.4 Å². The Hall–Kier alpha value is -0.240. The minimum absolute atomic E-state index is 0.526. The van der Waals surface area contributed by atoms with E-state index in [-0.39, 0.29) is 0 Å². The van der Waals surface area contributed by atoms with E-state index in [0.29, 0.717) is 0 Å². The molecule has 0 aromatic rings. The Morgan fingerprint density at radius 1 is 0.500 bits per heavy atom. The van der Waals surface area contributed by atoms with Crippen molar-refractivity contribution in [2.24, 2.45) is 0 Å². The summed E-state index contributed by atoms with van der Waals surface area (Å²) in [6, 6.07) is 0. The Balaban J connectivity index is 1.38. The number of fused-ring (bicyclic) bond motifs is 2. The molecule has 24 heavy (non-hydrogen) atoms. The Kier molecular flexibility index (Phi) is 3.75. The lowest BCUT2D eigenvalue weighted by atomic mass is 9.85. The average Bonchev–Trinajstić information content (AvgIpc) is 3.14. The van der Waals surface area contributed by atoms with Gasteiger partial charge in [-0.25, -0.2) is 0 Å². The van der Waals surface area contributed by atoms with Crippen LogP contribution in [-0.2, 0) is 18.9 Å². The molecule has 0 aromatic carbocycles. The number of aliphatic hydroxyl groups is 2. The van der Waals surface area contributed by atoms with Crippen LogP contribution in [0.1, 0.15) is 64.2 Å². The number of aliphatic hydroxyl groups excluding tert-OH is 2. The number of hydrogen-bond donors (Lipinski definition) is 2. The first-order chi connectivity index (χ1) is 11.6. The third kappa shape index (κ3) is 2.31. The van der Waals surface area contributed by atoms with Gasteiger partial charge >= 0.3 is 0 Å². The molecule has 136 valence electrons. The summed E-state index contributed by atoms with van der Waals surface area (Å²) in [4.78, 5) is 0. The molecule has 6 heteroatoms. The van der Waals surface area contributed by atoms with Crippen molar-refractivity contribution in [3.05, 3.63) is 0 Å². The number of ether oxygens (including phenoxy) is 4. The van der Waals surface area contributed by atoms with Crippen LogP contribution in [0.2, 0.25) is 0 Å². The summed E-state index contributed by atoms with van der Waals surface area (Å²) in [6.45, 7) is 0. The van der Waals surface area contributed by atoms with Crippen molar-refractivity contribution in [1.82, 2.24) is 0 Å². The van der Waals surface area contributed by atoms with Crippen LogP contribution in [0.25, 0.3) is 0 Å². The molecular formula is C18H28O6. The quantitative estimate of drug-likeness (QED) is 0.698. The van der Waals surface area contributed by atoms with Crippen LogP contribution in [0.4, 0.5) is 0 Å². The molecule has 2 aliphatic heterocycles. The average molecular weight is 340 g/mol. The smallest absolute Gasteiger partial charge is 0.169 e. The van der Waals surface area contributed by atoms with E-state index in [4.69, 9.17) is 18.9 Å². The second-order valence-electron chi connectivity index (χ2n) is 8.25. The van der Waals surface area contributed by atoms with Crippen LogP contribution in [0.5, 0.6) is 0 Å². The maximum Gasteiger partial charge on any atom is 0.169 e. The number of hydrogen-bond acceptors (Lipinski definition) is 6. The fourth-order valence-electron chi connectivity index (χ4n) is 5.40. The van der Waals surface area contributed by atoms with Crippen LogP contribution < -0.4 is 0 Å². The van der Waals surface area contributed by atoms with Crippen molar-refractivity contribution in [1.29, 1.82) is 0 Å². The van der Waals surface area contributed by atoms with Crippen LogP contribution in [0.3, 0.4) is 0 Å². The van der Waals surface area contributed by atoms with Crippen molar-refractivity contribution in [2.45, 2.75) is 112 Å². The first-order valence-electron chi connectivity index (χ1n) is 9.69. The minimum atomic E-state index is -0.814. The highest BCUT2D eigenvalue weighted by Crippen LogP contribution is 2.50. The van der Waals surface area contributed by atoms with E-state index in [0.717, 1.165) is 51.4 Å². The lowest BCUT2D eigenvalue weighted by Crippen LogP contribution is -2.61. The zero-order valence-corrected chi connectivity index (χ0v) is 14.1. The van der Waals surface area contributed by atoms with E-state index >= 15 is 0 Å². The Morgan fingerprint density at radius 3 is 1.08 bits per heavy atom. The number of rotatable bonds is 0. The van der Waals surface area contributed by atoms with Crippen molar-refractivity contribution in [3.8, 4) is 0 Å². The van der Waals surface area contributed by atoms with Gasteiger partial charge in [-0.2, -0.15) is 0 Å². The van der Waals surface area contributed by atoms with Gasteiger partial charge in [-0.3, -0.25) is 0 Å². The molecule has 0 radical (unpaired) electrons. The zero-order chi connectivity index (χ0) is 16.4. The molecular weight excluding hydrogens is 312 g/mol. The Morgan fingerprint density at radius 2 is 0.792 bits per heavy atom. The maximum atomic E-state index is 10.9. The fraction of sp³-hybridized carbons (Fsp3) is 1.00. The molecule has 6 atom stereocenters. The molecule has 5 rings (SSSR count). The summed E-state index contributed by atoms with van der Waals surface area (Å²) >= 11 is 0. The van der Waals surface area contributed by atoms with Crippen LogP contribution >= 0.6 is 0 Å². The highest BCUT2D eigenvalue weighted by atomic mass is 16.8. The SMILES string of the molecule is O[C@@H]1C2OC3(CCCCC3)O[C@@H]2[C@@H](O)C2OC3(CCCCC3)O[C@H]21. The normalized spacial score (nSPS) is 49.2.